The summed E-state index contributed by atoms with van der Waals surface area (Å²) in [6.45, 7) is 1.98. The van der Waals surface area contributed by atoms with Crippen molar-refractivity contribution in [2.75, 3.05) is 17.3 Å². The smallest absolute Gasteiger partial charge is 0.226 e. The van der Waals surface area contributed by atoms with Crippen LogP contribution < -0.4 is 10.2 Å². The molecule has 0 aliphatic rings. The maximum Gasteiger partial charge on any atom is 0.226 e. The molecule has 0 spiro atoms. The van der Waals surface area contributed by atoms with Gasteiger partial charge in [0.1, 0.15) is 0 Å². The van der Waals surface area contributed by atoms with Crippen LogP contribution in [0.2, 0.25) is 0 Å². The van der Waals surface area contributed by atoms with Crippen molar-refractivity contribution in [3.63, 3.8) is 0 Å². The predicted octanol–water partition coefficient (Wildman–Crippen LogP) is 3.77. The zero-order chi connectivity index (χ0) is 16.7. The third kappa shape index (κ3) is 5.25. The second kappa shape index (κ2) is 8.13. The van der Waals surface area contributed by atoms with E-state index in [1.807, 2.05) is 61.5 Å². The van der Waals surface area contributed by atoms with Gasteiger partial charge in [0.05, 0.1) is 0 Å². The van der Waals surface area contributed by atoms with Crippen LogP contribution in [0.15, 0.2) is 54.6 Å². The Morgan fingerprint density at radius 3 is 2.43 bits per heavy atom. The number of para-hydroxylation sites is 1. The number of amides is 2. The number of nitrogens with zero attached hydrogens (tertiary/aromatic N) is 1. The molecule has 4 nitrogen and oxygen atoms in total. The van der Waals surface area contributed by atoms with E-state index in [2.05, 4.69) is 5.32 Å². The minimum atomic E-state index is -0.0641. The van der Waals surface area contributed by atoms with Gasteiger partial charge in [-0.1, -0.05) is 30.3 Å². The Labute approximate surface area is 137 Å². The highest BCUT2D eigenvalue weighted by molar-refractivity contribution is 5.94. The van der Waals surface area contributed by atoms with Crippen molar-refractivity contribution in [3.8, 4) is 0 Å². The maximum absolute atomic E-state index is 12.1. The summed E-state index contributed by atoms with van der Waals surface area (Å²) in [6, 6.07) is 17.2. The molecule has 0 radical (unpaired) electrons. The molecule has 1 N–H and O–H groups in total. The number of rotatable bonds is 6. The Bertz CT molecular complexity index is 668. The summed E-state index contributed by atoms with van der Waals surface area (Å²) in [5, 5.41) is 2.85. The second-order valence-corrected chi connectivity index (χ2v) is 5.56. The first-order chi connectivity index (χ1) is 11.1. The van der Waals surface area contributed by atoms with E-state index in [1.54, 1.807) is 11.9 Å². The monoisotopic (exact) mass is 310 g/mol. The molecular formula is C19H22N2O2. The van der Waals surface area contributed by atoms with Gasteiger partial charge in [0.2, 0.25) is 11.8 Å². The van der Waals surface area contributed by atoms with Crippen LogP contribution in [0.25, 0.3) is 0 Å². The molecule has 0 aromatic heterocycles. The fourth-order valence-electron chi connectivity index (χ4n) is 2.31. The van der Waals surface area contributed by atoms with Crippen molar-refractivity contribution >= 4 is 23.2 Å². The molecule has 2 aromatic carbocycles. The third-order valence-corrected chi connectivity index (χ3v) is 3.61. The summed E-state index contributed by atoms with van der Waals surface area (Å²) in [5.74, 6) is -0.0506. The maximum atomic E-state index is 12.1. The minimum absolute atomic E-state index is 0.0135. The van der Waals surface area contributed by atoms with Crippen LogP contribution in [0.1, 0.15) is 24.8 Å². The molecule has 0 heterocycles. The number of aryl methyl sites for hydroxylation is 1. The highest BCUT2D eigenvalue weighted by Crippen LogP contribution is 2.14. The lowest BCUT2D eigenvalue weighted by Crippen LogP contribution is -2.26. The highest BCUT2D eigenvalue weighted by atomic mass is 16.2. The van der Waals surface area contributed by atoms with E-state index < -0.39 is 0 Å². The zero-order valence-electron chi connectivity index (χ0n) is 13.6. The fraction of sp³-hybridized carbons (Fsp3) is 0.263. The first-order valence-corrected chi connectivity index (χ1v) is 7.74. The van der Waals surface area contributed by atoms with Gasteiger partial charge in [-0.15, -0.1) is 0 Å². The Kier molecular flexibility index (Phi) is 5.92. The van der Waals surface area contributed by atoms with Crippen LogP contribution in [0.5, 0.6) is 0 Å². The molecule has 2 aromatic rings. The van der Waals surface area contributed by atoms with Gasteiger partial charge < -0.3 is 10.2 Å². The summed E-state index contributed by atoms with van der Waals surface area (Å²) in [7, 11) is 1.75. The number of nitrogens with one attached hydrogen (secondary N) is 1. The highest BCUT2D eigenvalue weighted by Gasteiger charge is 2.11. The van der Waals surface area contributed by atoms with E-state index >= 15 is 0 Å². The molecular weight excluding hydrogens is 288 g/mol. The molecule has 0 saturated heterocycles. The lowest BCUT2D eigenvalue weighted by atomic mass is 10.2. The van der Waals surface area contributed by atoms with Gasteiger partial charge in [-0.2, -0.15) is 0 Å². The number of carbonyl (C=O) groups is 2. The van der Waals surface area contributed by atoms with Gasteiger partial charge in [-0.25, -0.2) is 0 Å². The van der Waals surface area contributed by atoms with Crippen LogP contribution in [-0.4, -0.2) is 18.9 Å². The standard InChI is InChI=1S/C19H22N2O2/c1-15-8-6-9-16(14-15)20-18(22)12-7-13-19(23)21(2)17-10-4-3-5-11-17/h3-6,8-11,14H,7,12-13H2,1-2H3,(H,20,22). The lowest BCUT2D eigenvalue weighted by molar-refractivity contribution is -0.118. The molecule has 120 valence electrons. The van der Waals surface area contributed by atoms with Gasteiger partial charge in [0.15, 0.2) is 0 Å². The van der Waals surface area contributed by atoms with Crippen molar-refractivity contribution in [2.24, 2.45) is 0 Å². The molecule has 2 amide bonds. The molecule has 0 atom stereocenters. The lowest BCUT2D eigenvalue weighted by Gasteiger charge is -2.17. The van der Waals surface area contributed by atoms with Gasteiger partial charge in [-0.3, -0.25) is 9.59 Å². The quantitative estimate of drug-likeness (QED) is 0.883. The minimum Gasteiger partial charge on any atom is -0.326 e. The second-order valence-electron chi connectivity index (χ2n) is 5.56. The van der Waals surface area contributed by atoms with Gasteiger partial charge in [0, 0.05) is 31.3 Å². The molecule has 23 heavy (non-hydrogen) atoms. The summed E-state index contributed by atoms with van der Waals surface area (Å²) in [6.07, 6.45) is 1.22. The van der Waals surface area contributed by atoms with Crippen LogP contribution in [-0.2, 0) is 9.59 Å². The van der Waals surface area contributed by atoms with Crippen molar-refractivity contribution in [1.29, 1.82) is 0 Å². The molecule has 0 bridgehead atoms. The first-order valence-electron chi connectivity index (χ1n) is 7.74. The van der Waals surface area contributed by atoms with Gasteiger partial charge in [0.25, 0.3) is 0 Å². The van der Waals surface area contributed by atoms with Crippen molar-refractivity contribution in [3.05, 3.63) is 60.2 Å². The number of hydrogen-bond acceptors (Lipinski definition) is 2. The normalized spacial score (nSPS) is 10.2. The van der Waals surface area contributed by atoms with Crippen LogP contribution in [0.3, 0.4) is 0 Å². The molecule has 0 aliphatic heterocycles. The van der Waals surface area contributed by atoms with Crippen molar-refractivity contribution < 1.29 is 9.59 Å². The Morgan fingerprint density at radius 2 is 1.74 bits per heavy atom. The predicted molar refractivity (Wildman–Crippen MR) is 93.5 cm³/mol. The van der Waals surface area contributed by atoms with E-state index in [4.69, 9.17) is 0 Å². The fourth-order valence-corrected chi connectivity index (χ4v) is 2.31. The summed E-state index contributed by atoms with van der Waals surface area (Å²) >= 11 is 0. The molecule has 4 heteroatoms. The number of carbonyl (C=O) groups excluding carboxylic acids is 2. The van der Waals surface area contributed by atoms with Gasteiger partial charge >= 0.3 is 0 Å². The van der Waals surface area contributed by atoms with Crippen LogP contribution in [0, 0.1) is 6.92 Å². The Hall–Kier alpha value is -2.62. The van der Waals surface area contributed by atoms with E-state index in [1.165, 1.54) is 0 Å². The topological polar surface area (TPSA) is 49.4 Å². The summed E-state index contributed by atoms with van der Waals surface area (Å²) in [4.78, 5) is 25.7. The molecule has 0 saturated carbocycles. The summed E-state index contributed by atoms with van der Waals surface area (Å²) in [5.41, 5.74) is 2.76. The Morgan fingerprint density at radius 1 is 1.00 bits per heavy atom. The average Bonchev–Trinajstić information content (AvgIpc) is 2.55. The number of hydrogen-bond donors (Lipinski definition) is 1. The summed E-state index contributed by atoms with van der Waals surface area (Å²) < 4.78 is 0. The molecule has 0 aliphatic carbocycles. The SMILES string of the molecule is Cc1cccc(NC(=O)CCCC(=O)N(C)c2ccccc2)c1. The van der Waals surface area contributed by atoms with Crippen LogP contribution >= 0.6 is 0 Å². The Balaban J connectivity index is 1.76. The largest absolute Gasteiger partial charge is 0.326 e. The van der Waals surface area contributed by atoms with E-state index in [0.29, 0.717) is 19.3 Å². The van der Waals surface area contributed by atoms with E-state index in [0.717, 1.165) is 16.9 Å². The van der Waals surface area contributed by atoms with Gasteiger partial charge in [-0.05, 0) is 43.2 Å². The zero-order valence-corrected chi connectivity index (χ0v) is 13.6. The third-order valence-electron chi connectivity index (χ3n) is 3.61. The van der Waals surface area contributed by atoms with E-state index in [9.17, 15) is 9.59 Å². The molecule has 0 unspecified atom stereocenters. The van der Waals surface area contributed by atoms with Crippen molar-refractivity contribution in [1.82, 2.24) is 0 Å². The van der Waals surface area contributed by atoms with Crippen molar-refractivity contribution in [2.45, 2.75) is 26.2 Å². The first kappa shape index (κ1) is 16.7. The number of benzene rings is 2. The van der Waals surface area contributed by atoms with E-state index in [-0.39, 0.29) is 11.8 Å². The van der Waals surface area contributed by atoms with Crippen LogP contribution in [0.4, 0.5) is 11.4 Å². The molecule has 2 rings (SSSR count). The number of anilines is 2. The molecule has 0 fully saturated rings. The average molecular weight is 310 g/mol.